The summed E-state index contributed by atoms with van der Waals surface area (Å²) in [6.07, 6.45) is 10.9. The molecule has 4 heterocycles. The minimum absolute atomic E-state index is 0.0180. The Morgan fingerprint density at radius 1 is 1.23 bits per heavy atom. The highest BCUT2D eigenvalue weighted by molar-refractivity contribution is 6.34. The van der Waals surface area contributed by atoms with Gasteiger partial charge in [0, 0.05) is 24.0 Å². The van der Waals surface area contributed by atoms with Gasteiger partial charge in [-0.05, 0) is 56.5 Å². The summed E-state index contributed by atoms with van der Waals surface area (Å²) < 4.78 is 0.0180. The van der Waals surface area contributed by atoms with E-state index in [1.165, 1.54) is 26.1 Å². The first kappa shape index (κ1) is 18.4. The van der Waals surface area contributed by atoms with Crippen molar-refractivity contribution in [1.29, 1.82) is 0 Å². The summed E-state index contributed by atoms with van der Waals surface area (Å²) in [4.78, 5) is 16.5. The van der Waals surface area contributed by atoms with Gasteiger partial charge < -0.3 is 4.90 Å². The molecule has 2 aromatic rings. The number of aromatic nitrogens is 1. The molecule has 1 saturated carbocycles. The van der Waals surface area contributed by atoms with Gasteiger partial charge in [0.15, 0.2) is 0 Å². The van der Waals surface area contributed by atoms with E-state index < -0.39 is 0 Å². The Hall–Kier alpha value is -2.38. The summed E-state index contributed by atoms with van der Waals surface area (Å²) >= 11 is 6.70. The Morgan fingerprint density at radius 2 is 2.10 bits per heavy atom. The molecule has 1 aliphatic carbocycles. The number of aliphatic imine (C=N–C) groups is 2. The normalized spacial score (nSPS) is 30.3. The molecule has 6 rings (SSSR count). The number of nitrogens with two attached hydrogens (primary N) is 1. The van der Waals surface area contributed by atoms with Crippen LogP contribution >= 0.6 is 11.6 Å². The molecule has 1 aromatic heterocycles. The maximum absolute atomic E-state index is 6.89. The number of hydrogen-bond donors (Lipinski definition) is 1. The van der Waals surface area contributed by atoms with Gasteiger partial charge in [0.1, 0.15) is 11.9 Å². The van der Waals surface area contributed by atoms with Crippen molar-refractivity contribution in [1.82, 2.24) is 9.88 Å². The van der Waals surface area contributed by atoms with E-state index in [-0.39, 0.29) is 4.59 Å². The molecule has 7 heteroatoms. The molecular weight excluding hydrogens is 396 g/mol. The maximum atomic E-state index is 6.89. The lowest BCUT2D eigenvalue weighted by atomic mass is 9.72. The summed E-state index contributed by atoms with van der Waals surface area (Å²) in [7, 11) is 0. The van der Waals surface area contributed by atoms with Gasteiger partial charge in [0.2, 0.25) is 5.70 Å². The lowest BCUT2D eigenvalue weighted by Crippen LogP contribution is -2.53. The molecular formula is C23H24ClN6+. The molecule has 1 saturated heterocycles. The van der Waals surface area contributed by atoms with Gasteiger partial charge in [-0.15, -0.1) is 4.59 Å². The summed E-state index contributed by atoms with van der Waals surface area (Å²) in [6, 6.07) is 7.87. The van der Waals surface area contributed by atoms with E-state index in [0.717, 1.165) is 52.5 Å². The highest BCUT2D eigenvalue weighted by atomic mass is 35.5. The Bertz CT molecular complexity index is 1160. The summed E-state index contributed by atoms with van der Waals surface area (Å²) in [5, 5.41) is 1.64. The van der Waals surface area contributed by atoms with E-state index >= 15 is 0 Å². The fourth-order valence-electron chi connectivity index (χ4n) is 4.99. The molecule has 4 aliphatic rings. The van der Waals surface area contributed by atoms with Gasteiger partial charge in [0.25, 0.3) is 5.84 Å². The molecule has 1 atom stereocenters. The van der Waals surface area contributed by atoms with E-state index in [1.54, 1.807) is 12.4 Å². The zero-order valence-corrected chi connectivity index (χ0v) is 17.5. The van der Waals surface area contributed by atoms with Crippen molar-refractivity contribution in [2.75, 3.05) is 19.6 Å². The molecule has 0 radical (unpaired) electrons. The van der Waals surface area contributed by atoms with Gasteiger partial charge in [-0.2, -0.15) is 10.8 Å². The van der Waals surface area contributed by atoms with Crippen molar-refractivity contribution >= 4 is 34.6 Å². The number of halogens is 1. The third-order valence-electron chi connectivity index (χ3n) is 6.84. The Kier molecular flexibility index (Phi) is 4.18. The van der Waals surface area contributed by atoms with Crippen molar-refractivity contribution in [2.24, 2.45) is 27.7 Å². The lowest BCUT2D eigenvalue weighted by Gasteiger charge is -2.41. The first-order valence-corrected chi connectivity index (χ1v) is 11.0. The zero-order valence-electron chi connectivity index (χ0n) is 16.7. The molecule has 0 spiro atoms. The molecule has 152 valence electrons. The van der Waals surface area contributed by atoms with E-state index in [4.69, 9.17) is 22.4 Å². The number of allylic oxidation sites excluding steroid dienone is 2. The minimum atomic E-state index is 0.0180. The van der Waals surface area contributed by atoms with Crippen LogP contribution in [0.25, 0.3) is 10.9 Å². The molecule has 2 N–H and O–H groups in total. The Balaban J connectivity index is 1.36. The van der Waals surface area contributed by atoms with Gasteiger partial charge in [0.05, 0.1) is 28.5 Å². The first-order valence-electron chi connectivity index (χ1n) is 10.6. The van der Waals surface area contributed by atoms with E-state index in [0.29, 0.717) is 10.9 Å². The highest BCUT2D eigenvalue weighted by Crippen LogP contribution is 2.46. The maximum Gasteiger partial charge on any atom is 0.266 e. The average Bonchev–Trinajstić information content (AvgIpc) is 2.97. The first-order chi connectivity index (χ1) is 14.6. The van der Waals surface area contributed by atoms with Crippen LogP contribution in [0.5, 0.6) is 0 Å². The van der Waals surface area contributed by atoms with Crippen molar-refractivity contribution < 1.29 is 4.59 Å². The topological polar surface area (TPSA) is 66.9 Å². The second-order valence-electron chi connectivity index (χ2n) is 8.78. The molecule has 1 unspecified atom stereocenters. The largest absolute Gasteiger partial charge is 0.303 e. The van der Waals surface area contributed by atoms with Crippen LogP contribution in [0.3, 0.4) is 0 Å². The van der Waals surface area contributed by atoms with Gasteiger partial charge >= 0.3 is 0 Å². The molecule has 2 fully saturated rings. The Labute approximate surface area is 180 Å². The number of hydrogen-bond acceptors (Lipinski definition) is 5. The van der Waals surface area contributed by atoms with Crippen LogP contribution in [-0.4, -0.2) is 46.2 Å². The summed E-state index contributed by atoms with van der Waals surface area (Å²) in [5.41, 5.74) is 3.73. The number of pyridine rings is 1. The number of benzene rings is 1. The molecule has 0 amide bonds. The minimum Gasteiger partial charge on any atom is -0.303 e. The number of likely N-dealkylation sites (tertiary alicyclic amines) is 1. The predicted octanol–water partition coefficient (Wildman–Crippen LogP) is 3.84. The van der Waals surface area contributed by atoms with Gasteiger partial charge in [-0.1, -0.05) is 17.7 Å². The van der Waals surface area contributed by atoms with E-state index in [1.807, 2.05) is 36.7 Å². The SMILES string of the molecule is N[N+]12C=CN=CC1=C(C1CC(CN3CCC3)C1)N=C2c1cc2ncccc2cc1Cl. The van der Waals surface area contributed by atoms with Gasteiger partial charge in [-0.3, -0.25) is 9.98 Å². The summed E-state index contributed by atoms with van der Waals surface area (Å²) in [5.74, 6) is 8.82. The predicted molar refractivity (Wildman–Crippen MR) is 120 cm³/mol. The molecule has 3 aliphatic heterocycles. The third kappa shape index (κ3) is 2.79. The quantitative estimate of drug-likeness (QED) is 0.604. The van der Waals surface area contributed by atoms with Crippen molar-refractivity contribution in [3.8, 4) is 0 Å². The Morgan fingerprint density at radius 3 is 2.90 bits per heavy atom. The van der Waals surface area contributed by atoms with E-state index in [9.17, 15) is 0 Å². The fourth-order valence-corrected chi connectivity index (χ4v) is 5.25. The van der Waals surface area contributed by atoms with Crippen LogP contribution in [0.1, 0.15) is 24.8 Å². The second kappa shape index (κ2) is 6.82. The second-order valence-corrected chi connectivity index (χ2v) is 9.18. The van der Waals surface area contributed by atoms with E-state index in [2.05, 4.69) is 14.9 Å². The zero-order chi connectivity index (χ0) is 20.3. The van der Waals surface area contributed by atoms with Crippen LogP contribution in [0.2, 0.25) is 5.02 Å². The van der Waals surface area contributed by atoms with Crippen molar-refractivity contribution in [3.63, 3.8) is 0 Å². The number of quaternary nitrogens is 1. The van der Waals surface area contributed by atoms with Crippen molar-refractivity contribution in [3.05, 3.63) is 64.8 Å². The van der Waals surface area contributed by atoms with Crippen LogP contribution < -0.4 is 5.84 Å². The summed E-state index contributed by atoms with van der Waals surface area (Å²) in [6.45, 7) is 3.73. The number of rotatable bonds is 4. The van der Waals surface area contributed by atoms with Gasteiger partial charge in [-0.25, -0.2) is 0 Å². The smallest absolute Gasteiger partial charge is 0.266 e. The monoisotopic (exact) mass is 419 g/mol. The van der Waals surface area contributed by atoms with Crippen molar-refractivity contribution in [2.45, 2.75) is 19.3 Å². The number of nitrogens with zero attached hydrogens (tertiary/aromatic N) is 5. The number of amidine groups is 1. The average molecular weight is 420 g/mol. The van der Waals surface area contributed by atoms with Crippen LogP contribution in [-0.2, 0) is 0 Å². The van der Waals surface area contributed by atoms with Crippen LogP contribution in [0, 0.1) is 11.8 Å². The van der Waals surface area contributed by atoms with Crippen LogP contribution in [0.4, 0.5) is 0 Å². The number of fused-ring (bicyclic) bond motifs is 2. The van der Waals surface area contributed by atoms with Crippen LogP contribution in [0.15, 0.2) is 64.2 Å². The third-order valence-corrected chi connectivity index (χ3v) is 7.16. The molecule has 0 bridgehead atoms. The molecule has 30 heavy (non-hydrogen) atoms. The highest BCUT2D eigenvalue weighted by Gasteiger charge is 2.48. The standard InChI is InChI=1S/C23H24ClN6/c24-19-11-16-3-1-4-27-20(16)12-18(19)23-28-22(21-13-26-5-8-30(21,23)25)17-9-15(10-17)14-29-6-2-7-29/h1,3-5,8,11-13,15,17H,2,6-7,9-10,14,25H2/q+1. The fraction of sp³-hybridized carbons (Fsp3) is 0.348. The molecule has 6 nitrogen and oxygen atoms in total. The lowest BCUT2D eigenvalue weighted by molar-refractivity contribution is -0.750. The molecule has 1 aromatic carbocycles.